The number of allylic oxidation sites excluding steroid dienone is 1. The van der Waals surface area contributed by atoms with Crippen molar-refractivity contribution in [2.45, 2.75) is 29.2 Å². The lowest BCUT2D eigenvalue weighted by Gasteiger charge is -2.18. The first kappa shape index (κ1) is 15.2. The Morgan fingerprint density at radius 2 is 2.33 bits per heavy atom. The molecule has 2 atom stereocenters. The molecular formula is C14H18INO2. The number of benzene rings is 1. The molecule has 0 aromatic heterocycles. The highest BCUT2D eigenvalue weighted by Crippen LogP contribution is 2.24. The first-order chi connectivity index (χ1) is 8.36. The molecule has 0 saturated carbocycles. The quantitative estimate of drug-likeness (QED) is 0.355. The highest BCUT2D eigenvalue weighted by molar-refractivity contribution is 14.1. The molecule has 0 radical (unpaired) electrons. The molecule has 0 spiro atoms. The Morgan fingerprint density at radius 1 is 1.67 bits per heavy atom. The molecule has 0 aliphatic rings. The zero-order valence-electron chi connectivity index (χ0n) is 10.4. The number of alkyl halides is 1. The minimum absolute atomic E-state index is 0.317. The molecule has 1 aromatic carbocycles. The van der Waals surface area contributed by atoms with Gasteiger partial charge in [0.25, 0.3) is 0 Å². The van der Waals surface area contributed by atoms with Gasteiger partial charge in [-0.15, -0.1) is 6.58 Å². The molecule has 0 heterocycles. The third kappa shape index (κ3) is 4.10. The lowest BCUT2D eigenvalue weighted by Crippen LogP contribution is -2.43. The summed E-state index contributed by atoms with van der Waals surface area (Å²) in [6.45, 7) is 5.86. The van der Waals surface area contributed by atoms with Gasteiger partial charge in [0.15, 0.2) is 3.55 Å². The molecule has 3 N–H and O–H groups in total. The van der Waals surface area contributed by atoms with Crippen LogP contribution in [0.1, 0.15) is 30.4 Å². The van der Waals surface area contributed by atoms with Crippen LogP contribution in [0, 0.1) is 0 Å². The Labute approximate surface area is 121 Å². The molecule has 3 nitrogen and oxygen atoms in total. The number of hydrogen-bond donors (Lipinski definition) is 2. The minimum Gasteiger partial charge on any atom is -0.479 e. The van der Waals surface area contributed by atoms with Crippen molar-refractivity contribution >= 4 is 28.6 Å². The molecule has 1 aromatic rings. The van der Waals surface area contributed by atoms with E-state index in [0.29, 0.717) is 12.3 Å². The maximum atomic E-state index is 11.0. The number of rotatable bonds is 6. The third-order valence-corrected chi connectivity index (χ3v) is 3.70. The van der Waals surface area contributed by atoms with Crippen LogP contribution in [0.25, 0.3) is 0 Å². The van der Waals surface area contributed by atoms with Crippen molar-refractivity contribution in [3.8, 4) is 0 Å². The number of nitrogens with two attached hydrogens (primary N) is 1. The second kappa shape index (κ2) is 6.33. The van der Waals surface area contributed by atoms with E-state index < -0.39 is 9.51 Å². The summed E-state index contributed by atoms with van der Waals surface area (Å²) in [6, 6.07) is 7.92. The van der Waals surface area contributed by atoms with E-state index in [9.17, 15) is 4.79 Å². The van der Waals surface area contributed by atoms with Crippen molar-refractivity contribution in [2.24, 2.45) is 5.73 Å². The molecule has 18 heavy (non-hydrogen) atoms. The fourth-order valence-electron chi connectivity index (χ4n) is 1.77. The van der Waals surface area contributed by atoms with Gasteiger partial charge >= 0.3 is 5.97 Å². The molecule has 0 aliphatic heterocycles. The molecule has 4 heteroatoms. The Bertz CT molecular complexity index is 443. The molecule has 0 amide bonds. The van der Waals surface area contributed by atoms with Gasteiger partial charge in [0.05, 0.1) is 0 Å². The van der Waals surface area contributed by atoms with E-state index >= 15 is 0 Å². The Morgan fingerprint density at radius 3 is 2.89 bits per heavy atom. The lowest BCUT2D eigenvalue weighted by atomic mass is 9.94. The van der Waals surface area contributed by atoms with Crippen molar-refractivity contribution in [2.75, 3.05) is 0 Å². The fraction of sp³-hybridized carbons (Fsp3) is 0.357. The smallest absolute Gasteiger partial charge is 0.334 e. The number of carboxylic acid groups (broad SMARTS) is 1. The topological polar surface area (TPSA) is 63.3 Å². The lowest BCUT2D eigenvalue weighted by molar-refractivity contribution is -0.139. The van der Waals surface area contributed by atoms with E-state index in [1.165, 1.54) is 5.56 Å². The van der Waals surface area contributed by atoms with Crippen LogP contribution >= 0.6 is 22.6 Å². The minimum atomic E-state index is -1.25. The SMILES string of the molecule is C=CCC(C)c1cccc(CC(N)(I)C(=O)O)c1. The molecule has 0 aliphatic carbocycles. The van der Waals surface area contributed by atoms with Crippen LogP contribution < -0.4 is 5.73 Å². The van der Waals surface area contributed by atoms with Crippen molar-refractivity contribution in [1.82, 2.24) is 0 Å². The average molecular weight is 359 g/mol. The molecule has 0 saturated heterocycles. The van der Waals surface area contributed by atoms with E-state index in [-0.39, 0.29) is 0 Å². The van der Waals surface area contributed by atoms with Gasteiger partial charge in [0.2, 0.25) is 0 Å². The Kier molecular flexibility index (Phi) is 5.34. The zero-order valence-corrected chi connectivity index (χ0v) is 12.6. The highest BCUT2D eigenvalue weighted by atomic mass is 127. The molecular weight excluding hydrogens is 341 g/mol. The summed E-state index contributed by atoms with van der Waals surface area (Å²) in [7, 11) is 0. The summed E-state index contributed by atoms with van der Waals surface area (Å²) in [5, 5.41) is 9.02. The number of carbonyl (C=O) groups is 1. The van der Waals surface area contributed by atoms with E-state index in [2.05, 4.69) is 13.5 Å². The van der Waals surface area contributed by atoms with E-state index in [1.54, 1.807) is 22.6 Å². The molecule has 2 unspecified atom stereocenters. The van der Waals surface area contributed by atoms with Crippen LogP contribution in [0.4, 0.5) is 0 Å². The maximum absolute atomic E-state index is 11.0. The largest absolute Gasteiger partial charge is 0.479 e. The van der Waals surface area contributed by atoms with Crippen LogP contribution in [0.2, 0.25) is 0 Å². The number of halogens is 1. The highest BCUT2D eigenvalue weighted by Gasteiger charge is 2.30. The van der Waals surface area contributed by atoms with Crippen molar-refractivity contribution < 1.29 is 9.90 Å². The van der Waals surface area contributed by atoms with Gasteiger partial charge in [0, 0.05) is 6.42 Å². The summed E-state index contributed by atoms with van der Waals surface area (Å²) >= 11 is 1.78. The van der Waals surface area contributed by atoms with Crippen molar-refractivity contribution in [3.63, 3.8) is 0 Å². The van der Waals surface area contributed by atoms with Crippen LogP contribution in [0.5, 0.6) is 0 Å². The predicted octanol–water partition coefficient (Wildman–Crippen LogP) is 3.08. The standard InChI is InChI=1S/C14H18INO2/c1-3-5-10(2)12-7-4-6-11(8-12)9-14(15,16)13(17)18/h3-4,6-8,10H,1,5,9,16H2,2H3,(H,17,18). The summed E-state index contributed by atoms with van der Waals surface area (Å²) < 4.78 is -1.25. The van der Waals surface area contributed by atoms with Gasteiger partial charge < -0.3 is 10.8 Å². The maximum Gasteiger partial charge on any atom is 0.334 e. The van der Waals surface area contributed by atoms with Crippen LogP contribution in [0.15, 0.2) is 36.9 Å². The summed E-state index contributed by atoms with van der Waals surface area (Å²) in [5.74, 6) is -0.610. The molecule has 0 bridgehead atoms. The predicted molar refractivity (Wildman–Crippen MR) is 81.9 cm³/mol. The van der Waals surface area contributed by atoms with E-state index in [0.717, 1.165) is 12.0 Å². The van der Waals surface area contributed by atoms with Gasteiger partial charge in [0.1, 0.15) is 0 Å². The van der Waals surface area contributed by atoms with Gasteiger partial charge in [-0.3, -0.25) is 0 Å². The molecule has 1 rings (SSSR count). The average Bonchev–Trinajstić information content (AvgIpc) is 2.29. The second-order valence-corrected chi connectivity index (χ2v) is 6.44. The molecule has 98 valence electrons. The van der Waals surface area contributed by atoms with Crippen molar-refractivity contribution in [1.29, 1.82) is 0 Å². The fourth-order valence-corrected chi connectivity index (χ4v) is 2.21. The normalized spacial score (nSPS) is 15.7. The van der Waals surface area contributed by atoms with Gasteiger partial charge in [-0.05, 0) is 46.1 Å². The number of aliphatic carboxylic acids is 1. The summed E-state index contributed by atoms with van der Waals surface area (Å²) in [6.07, 6.45) is 3.11. The summed E-state index contributed by atoms with van der Waals surface area (Å²) in [4.78, 5) is 11.0. The summed E-state index contributed by atoms with van der Waals surface area (Å²) in [5.41, 5.74) is 7.88. The Hall–Kier alpha value is -0.880. The van der Waals surface area contributed by atoms with Crippen LogP contribution in [0.3, 0.4) is 0 Å². The third-order valence-electron chi connectivity index (χ3n) is 2.86. The van der Waals surface area contributed by atoms with Crippen LogP contribution in [-0.2, 0) is 11.2 Å². The van der Waals surface area contributed by atoms with E-state index in [1.807, 2.05) is 30.3 Å². The number of carboxylic acids is 1. The van der Waals surface area contributed by atoms with Crippen LogP contribution in [-0.4, -0.2) is 14.6 Å². The first-order valence-electron chi connectivity index (χ1n) is 5.77. The monoisotopic (exact) mass is 359 g/mol. The van der Waals surface area contributed by atoms with Gasteiger partial charge in [-0.25, -0.2) is 4.79 Å². The van der Waals surface area contributed by atoms with Crippen molar-refractivity contribution in [3.05, 3.63) is 48.0 Å². The van der Waals surface area contributed by atoms with E-state index in [4.69, 9.17) is 10.8 Å². The zero-order chi connectivity index (χ0) is 13.8. The second-order valence-electron chi connectivity index (χ2n) is 4.51. The molecule has 0 fully saturated rings. The van der Waals surface area contributed by atoms with Gasteiger partial charge in [-0.1, -0.05) is 37.3 Å². The number of hydrogen-bond acceptors (Lipinski definition) is 2. The van der Waals surface area contributed by atoms with Gasteiger partial charge in [-0.2, -0.15) is 0 Å². The first-order valence-corrected chi connectivity index (χ1v) is 6.85. The Balaban J connectivity index is 2.89.